The predicted octanol–water partition coefficient (Wildman–Crippen LogP) is 2.30. The van der Waals surface area contributed by atoms with Crippen LogP contribution in [0.1, 0.15) is 54.4 Å². The summed E-state index contributed by atoms with van der Waals surface area (Å²) in [6.07, 6.45) is 6.81. The van der Waals surface area contributed by atoms with Crippen molar-refractivity contribution in [3.05, 3.63) is 35.4 Å². The Bertz CT molecular complexity index is 514. The second kappa shape index (κ2) is 6.80. The molecule has 1 amide bonds. The Hall–Kier alpha value is -1.39. The minimum atomic E-state index is -0.379. The van der Waals surface area contributed by atoms with E-state index in [0.29, 0.717) is 17.5 Å². The molecule has 1 saturated carbocycles. The number of hydrogen-bond acceptors (Lipinski definition) is 3. The second-order valence-electron chi connectivity index (χ2n) is 6.76. The summed E-state index contributed by atoms with van der Waals surface area (Å²) in [7, 11) is 0. The first-order valence-corrected chi connectivity index (χ1v) is 8.46. The van der Waals surface area contributed by atoms with Crippen molar-refractivity contribution in [3.8, 4) is 0 Å². The molecule has 4 nitrogen and oxygen atoms in total. The van der Waals surface area contributed by atoms with Gasteiger partial charge in [0.2, 0.25) is 5.91 Å². The Kier molecular flexibility index (Phi) is 4.79. The molecule has 2 fully saturated rings. The average molecular weight is 302 g/mol. The first-order chi connectivity index (χ1) is 10.6. The van der Waals surface area contributed by atoms with Crippen LogP contribution in [-0.4, -0.2) is 34.6 Å². The molecular formula is C18H26N2O2. The molecule has 1 saturated heterocycles. The Balaban J connectivity index is 1.66. The maximum atomic E-state index is 11.1. The number of carbonyl (C=O) groups excluding carboxylic acids is 1. The van der Waals surface area contributed by atoms with Crippen LogP contribution in [0.5, 0.6) is 0 Å². The van der Waals surface area contributed by atoms with Gasteiger partial charge in [0.05, 0.1) is 6.10 Å². The van der Waals surface area contributed by atoms with Crippen LogP contribution >= 0.6 is 0 Å². The molecule has 0 radical (unpaired) electrons. The zero-order valence-corrected chi connectivity index (χ0v) is 13.1. The van der Waals surface area contributed by atoms with E-state index in [2.05, 4.69) is 4.90 Å². The van der Waals surface area contributed by atoms with Crippen molar-refractivity contribution in [2.45, 2.75) is 57.2 Å². The normalized spacial score (nSPS) is 29.6. The quantitative estimate of drug-likeness (QED) is 0.897. The van der Waals surface area contributed by atoms with Crippen molar-refractivity contribution in [2.75, 3.05) is 6.54 Å². The van der Waals surface area contributed by atoms with Gasteiger partial charge in [-0.25, -0.2) is 0 Å². The molecule has 0 bridgehead atoms. The smallest absolute Gasteiger partial charge is 0.248 e. The summed E-state index contributed by atoms with van der Waals surface area (Å²) in [4.78, 5) is 13.6. The molecular weight excluding hydrogens is 276 g/mol. The molecule has 4 heteroatoms. The van der Waals surface area contributed by atoms with Crippen molar-refractivity contribution in [1.29, 1.82) is 0 Å². The Morgan fingerprint density at radius 2 is 1.86 bits per heavy atom. The lowest BCUT2D eigenvalue weighted by Gasteiger charge is -2.37. The molecule has 22 heavy (non-hydrogen) atoms. The fourth-order valence-electron chi connectivity index (χ4n) is 4.13. The Morgan fingerprint density at radius 1 is 1.14 bits per heavy atom. The fraction of sp³-hybridized carbons (Fsp3) is 0.611. The van der Waals surface area contributed by atoms with Gasteiger partial charge in [-0.15, -0.1) is 0 Å². The van der Waals surface area contributed by atoms with E-state index in [-0.39, 0.29) is 12.0 Å². The van der Waals surface area contributed by atoms with Crippen LogP contribution in [0.4, 0.5) is 0 Å². The number of likely N-dealkylation sites (tertiary alicyclic amines) is 1. The number of benzene rings is 1. The minimum absolute atomic E-state index is 0.128. The molecule has 3 atom stereocenters. The van der Waals surface area contributed by atoms with E-state index in [1.54, 1.807) is 12.1 Å². The van der Waals surface area contributed by atoms with Crippen LogP contribution in [0.15, 0.2) is 24.3 Å². The lowest BCUT2D eigenvalue weighted by Crippen LogP contribution is -2.42. The number of nitrogens with two attached hydrogens (primary N) is 1. The highest BCUT2D eigenvalue weighted by Crippen LogP contribution is 2.35. The highest BCUT2D eigenvalue weighted by atomic mass is 16.3. The number of aliphatic hydroxyl groups is 1. The molecule has 0 unspecified atom stereocenters. The number of amides is 1. The van der Waals surface area contributed by atoms with Gasteiger partial charge in [-0.05, 0) is 49.9 Å². The second-order valence-corrected chi connectivity index (χ2v) is 6.76. The first kappa shape index (κ1) is 15.5. The predicted molar refractivity (Wildman–Crippen MR) is 86.4 cm³/mol. The number of aliphatic hydroxyl groups excluding tert-OH is 1. The summed E-state index contributed by atoms with van der Waals surface area (Å²) in [5, 5.41) is 10.3. The van der Waals surface area contributed by atoms with Crippen molar-refractivity contribution in [2.24, 2.45) is 11.7 Å². The highest BCUT2D eigenvalue weighted by Gasteiger charge is 2.36. The standard InChI is InChI=1S/C18H26N2O2/c19-18(22)14-9-7-13(8-10-14)12-20-11-3-5-16(20)15-4-1-2-6-17(15)21/h7-10,15-17,21H,1-6,11-12H2,(H2,19,22)/t15-,16-,17+/m1/s1. The monoisotopic (exact) mass is 302 g/mol. The van der Waals surface area contributed by atoms with Gasteiger partial charge < -0.3 is 10.8 Å². The number of carbonyl (C=O) groups is 1. The van der Waals surface area contributed by atoms with E-state index in [0.717, 1.165) is 25.9 Å². The van der Waals surface area contributed by atoms with Crippen molar-refractivity contribution >= 4 is 5.91 Å². The number of nitrogens with zero attached hydrogens (tertiary/aromatic N) is 1. The summed E-state index contributed by atoms with van der Waals surface area (Å²) in [6.45, 7) is 2.00. The zero-order chi connectivity index (χ0) is 15.5. The maximum Gasteiger partial charge on any atom is 0.248 e. The lowest BCUT2D eigenvalue weighted by atomic mass is 9.80. The molecule has 1 heterocycles. The van der Waals surface area contributed by atoms with Gasteiger partial charge in [0.25, 0.3) is 0 Å². The number of hydrogen-bond donors (Lipinski definition) is 2. The number of rotatable bonds is 4. The average Bonchev–Trinajstić information content (AvgIpc) is 2.96. The van der Waals surface area contributed by atoms with Crippen LogP contribution < -0.4 is 5.73 Å². The van der Waals surface area contributed by atoms with Crippen LogP contribution in [0, 0.1) is 5.92 Å². The fourth-order valence-corrected chi connectivity index (χ4v) is 4.13. The van der Waals surface area contributed by atoms with Crippen LogP contribution in [0.2, 0.25) is 0 Å². The molecule has 3 rings (SSSR count). The third kappa shape index (κ3) is 3.33. The topological polar surface area (TPSA) is 66.6 Å². The van der Waals surface area contributed by atoms with Crippen molar-refractivity contribution < 1.29 is 9.90 Å². The first-order valence-electron chi connectivity index (χ1n) is 8.46. The summed E-state index contributed by atoms with van der Waals surface area (Å²) >= 11 is 0. The summed E-state index contributed by atoms with van der Waals surface area (Å²) in [6, 6.07) is 8.10. The molecule has 1 aromatic carbocycles. The largest absolute Gasteiger partial charge is 0.393 e. The van der Waals surface area contributed by atoms with Crippen molar-refractivity contribution in [1.82, 2.24) is 4.90 Å². The lowest BCUT2D eigenvalue weighted by molar-refractivity contribution is 0.0201. The molecule has 1 aliphatic carbocycles. The number of primary amides is 1. The van der Waals surface area contributed by atoms with Gasteiger partial charge in [-0.3, -0.25) is 9.69 Å². The van der Waals surface area contributed by atoms with E-state index < -0.39 is 0 Å². The summed E-state index contributed by atoms with van der Waals surface area (Å²) in [5.74, 6) is 0.0528. The molecule has 1 aliphatic heterocycles. The van der Waals surface area contributed by atoms with Gasteiger partial charge in [0.15, 0.2) is 0 Å². The molecule has 0 spiro atoms. The van der Waals surface area contributed by atoms with E-state index in [1.807, 2.05) is 12.1 Å². The van der Waals surface area contributed by atoms with E-state index >= 15 is 0 Å². The maximum absolute atomic E-state index is 11.1. The van der Waals surface area contributed by atoms with Crippen molar-refractivity contribution in [3.63, 3.8) is 0 Å². The zero-order valence-electron chi connectivity index (χ0n) is 13.1. The van der Waals surface area contributed by atoms with Crippen LogP contribution in [0.25, 0.3) is 0 Å². The third-order valence-electron chi connectivity index (χ3n) is 5.31. The van der Waals surface area contributed by atoms with E-state index in [9.17, 15) is 9.90 Å². The highest BCUT2D eigenvalue weighted by molar-refractivity contribution is 5.92. The Morgan fingerprint density at radius 3 is 2.55 bits per heavy atom. The molecule has 1 aromatic rings. The molecule has 0 aromatic heterocycles. The van der Waals surface area contributed by atoms with Crippen LogP contribution in [-0.2, 0) is 6.54 Å². The van der Waals surface area contributed by atoms with Gasteiger partial charge in [-0.2, -0.15) is 0 Å². The minimum Gasteiger partial charge on any atom is -0.393 e. The van der Waals surface area contributed by atoms with E-state index in [4.69, 9.17) is 5.73 Å². The summed E-state index contributed by atoms with van der Waals surface area (Å²) in [5.41, 5.74) is 7.06. The molecule has 120 valence electrons. The van der Waals surface area contributed by atoms with E-state index in [1.165, 1.54) is 31.2 Å². The van der Waals surface area contributed by atoms with Gasteiger partial charge in [-0.1, -0.05) is 25.0 Å². The van der Waals surface area contributed by atoms with Gasteiger partial charge in [0, 0.05) is 24.1 Å². The van der Waals surface area contributed by atoms with Gasteiger partial charge in [0.1, 0.15) is 0 Å². The molecule has 2 aliphatic rings. The third-order valence-corrected chi connectivity index (χ3v) is 5.31. The summed E-state index contributed by atoms with van der Waals surface area (Å²) < 4.78 is 0. The molecule has 3 N–H and O–H groups in total. The van der Waals surface area contributed by atoms with Gasteiger partial charge >= 0.3 is 0 Å². The van der Waals surface area contributed by atoms with Crippen LogP contribution in [0.3, 0.4) is 0 Å². The Labute approximate surface area is 132 Å². The SMILES string of the molecule is NC(=O)c1ccc(CN2CCC[C@@H]2[C@H]2CCCC[C@@H]2O)cc1.